The topological polar surface area (TPSA) is 240 Å². The van der Waals surface area contributed by atoms with Crippen LogP contribution in [0.4, 0.5) is 0 Å². The number of fused-ring (bicyclic) bond motifs is 1. The van der Waals surface area contributed by atoms with Crippen LogP contribution in [0, 0.1) is 0 Å². The third-order valence-electron chi connectivity index (χ3n) is 7.39. The number of benzene rings is 2. The molecule has 222 valence electrons. The number of phenolic OH excluding ortho intramolecular Hbond substituents is 3. The number of hydrogen-bond donors (Lipinski definition) is 9. The summed E-state index contributed by atoms with van der Waals surface area (Å²) < 4.78 is 22.2. The maximum absolute atomic E-state index is 13.0. The lowest BCUT2D eigenvalue weighted by atomic mass is 9.89. The molecule has 5 rings (SSSR count). The standard InChI is InChI=1S/C27H30O14/c1-9-19(31)22(34)25(37)27(39-9)38-8-16-20(32)23(35)24(36)26(41-16)18-13(30)7-15-17(21(18)33)12(29)6-14(40-15)10-2-4-11(28)5-3-10/h2-7,9,16,19-20,22-28,30-37H,8H2,1H3/t9-,16+,19-,20+,22+,23-,24+,25+,26-,27+/m0/s1. The van der Waals surface area contributed by atoms with Crippen molar-refractivity contribution in [2.24, 2.45) is 0 Å². The predicted octanol–water partition coefficient (Wildman–Crippen LogP) is -1.06. The average Bonchev–Trinajstić information content (AvgIpc) is 2.93. The lowest BCUT2D eigenvalue weighted by molar-refractivity contribution is -0.308. The first-order chi connectivity index (χ1) is 19.4. The highest BCUT2D eigenvalue weighted by Crippen LogP contribution is 2.45. The third-order valence-corrected chi connectivity index (χ3v) is 7.39. The highest BCUT2D eigenvalue weighted by Gasteiger charge is 2.48. The van der Waals surface area contributed by atoms with Crippen LogP contribution in [0.1, 0.15) is 18.6 Å². The fraction of sp³-hybridized carbons (Fsp3) is 0.444. The molecule has 41 heavy (non-hydrogen) atoms. The Hall–Kier alpha value is -3.31. The van der Waals surface area contributed by atoms with E-state index >= 15 is 0 Å². The molecular formula is C27H30O14. The number of ether oxygens (including phenoxy) is 3. The van der Waals surface area contributed by atoms with Gasteiger partial charge in [-0.25, -0.2) is 0 Å². The van der Waals surface area contributed by atoms with Gasteiger partial charge in [-0.1, -0.05) is 0 Å². The molecule has 2 aromatic carbocycles. The van der Waals surface area contributed by atoms with Crippen molar-refractivity contribution in [1.29, 1.82) is 0 Å². The summed E-state index contributed by atoms with van der Waals surface area (Å²) in [6.45, 7) is 0.875. The fourth-order valence-corrected chi connectivity index (χ4v) is 5.02. The predicted molar refractivity (Wildman–Crippen MR) is 137 cm³/mol. The Morgan fingerprint density at radius 3 is 2.15 bits per heavy atom. The van der Waals surface area contributed by atoms with Gasteiger partial charge in [-0.3, -0.25) is 4.79 Å². The summed E-state index contributed by atoms with van der Waals surface area (Å²) in [5.74, 6) is -1.38. The molecule has 0 radical (unpaired) electrons. The van der Waals surface area contributed by atoms with E-state index < -0.39 is 90.3 Å². The van der Waals surface area contributed by atoms with Gasteiger partial charge in [-0.2, -0.15) is 0 Å². The Kier molecular flexibility index (Phi) is 7.95. The first-order valence-electron chi connectivity index (χ1n) is 12.7. The van der Waals surface area contributed by atoms with Crippen molar-refractivity contribution < 1.29 is 64.6 Å². The minimum absolute atomic E-state index is 0.00717. The number of aromatic hydroxyl groups is 3. The summed E-state index contributed by atoms with van der Waals surface area (Å²) in [6.07, 6.45) is -15.6. The molecule has 0 spiro atoms. The Morgan fingerprint density at radius 1 is 0.805 bits per heavy atom. The summed E-state index contributed by atoms with van der Waals surface area (Å²) in [7, 11) is 0. The summed E-state index contributed by atoms with van der Waals surface area (Å²) in [5.41, 5.74) is -0.952. The molecule has 10 atom stereocenters. The zero-order chi connectivity index (χ0) is 29.7. The van der Waals surface area contributed by atoms with Crippen molar-refractivity contribution >= 4 is 11.0 Å². The van der Waals surface area contributed by atoms with Crippen LogP contribution in [-0.2, 0) is 14.2 Å². The maximum Gasteiger partial charge on any atom is 0.197 e. The molecule has 2 aliphatic heterocycles. The SMILES string of the molecule is C[C@@H]1O[C@@H](OC[C@H]2O[C@@H](c3c(O)cc4oc(-c5ccc(O)cc5)cc(=O)c4c3O)[C@H](O)[C@@H](O)[C@@H]2O)[C@H](O)[C@H](O)[C@H]1O. The first kappa shape index (κ1) is 29.2. The molecule has 0 saturated carbocycles. The molecule has 3 aromatic rings. The van der Waals surface area contributed by atoms with Gasteiger partial charge in [0.05, 0.1) is 18.3 Å². The van der Waals surface area contributed by atoms with Gasteiger partial charge in [0, 0.05) is 17.7 Å². The fourth-order valence-electron chi connectivity index (χ4n) is 5.02. The molecule has 14 heteroatoms. The van der Waals surface area contributed by atoms with Crippen molar-refractivity contribution in [2.45, 2.75) is 68.1 Å². The molecule has 2 saturated heterocycles. The van der Waals surface area contributed by atoms with E-state index in [1.54, 1.807) is 0 Å². The van der Waals surface area contributed by atoms with Crippen LogP contribution in [0.2, 0.25) is 0 Å². The van der Waals surface area contributed by atoms with Gasteiger partial charge in [0.25, 0.3) is 0 Å². The summed E-state index contributed by atoms with van der Waals surface area (Å²) >= 11 is 0. The third kappa shape index (κ3) is 5.25. The van der Waals surface area contributed by atoms with Crippen molar-refractivity contribution in [3.63, 3.8) is 0 Å². The maximum atomic E-state index is 13.0. The zero-order valence-electron chi connectivity index (χ0n) is 21.5. The normalized spacial score (nSPS) is 34.1. The van der Waals surface area contributed by atoms with Gasteiger partial charge in [0.2, 0.25) is 0 Å². The highest BCUT2D eigenvalue weighted by molar-refractivity contribution is 5.88. The Balaban J connectivity index is 1.44. The largest absolute Gasteiger partial charge is 0.508 e. The Labute approximate surface area is 231 Å². The lowest BCUT2D eigenvalue weighted by Gasteiger charge is -2.43. The van der Waals surface area contributed by atoms with Gasteiger partial charge in [0.15, 0.2) is 11.7 Å². The minimum atomic E-state index is -1.88. The molecule has 3 heterocycles. The number of phenols is 3. The van der Waals surface area contributed by atoms with E-state index in [1.807, 2.05) is 0 Å². The van der Waals surface area contributed by atoms with Crippen molar-refractivity contribution in [3.05, 3.63) is 52.2 Å². The lowest BCUT2D eigenvalue weighted by Crippen LogP contribution is -2.59. The van der Waals surface area contributed by atoms with E-state index in [1.165, 1.54) is 31.2 Å². The molecule has 2 aliphatic rings. The van der Waals surface area contributed by atoms with Crippen molar-refractivity contribution in [3.8, 4) is 28.6 Å². The van der Waals surface area contributed by atoms with Crippen LogP contribution in [0.5, 0.6) is 17.2 Å². The van der Waals surface area contributed by atoms with Crippen molar-refractivity contribution in [1.82, 2.24) is 0 Å². The number of hydrogen-bond acceptors (Lipinski definition) is 14. The molecule has 0 unspecified atom stereocenters. The number of aliphatic hydroxyl groups is 6. The highest BCUT2D eigenvalue weighted by atomic mass is 16.7. The summed E-state index contributed by atoms with van der Waals surface area (Å²) in [4.78, 5) is 13.0. The van der Waals surface area contributed by atoms with Crippen LogP contribution in [-0.4, -0.2) is 108 Å². The Bertz CT molecular complexity index is 1460. The molecule has 9 N–H and O–H groups in total. The second-order valence-electron chi connectivity index (χ2n) is 10.1. The van der Waals surface area contributed by atoms with Crippen LogP contribution < -0.4 is 5.43 Å². The number of aliphatic hydroxyl groups excluding tert-OH is 6. The number of rotatable bonds is 5. The molecule has 0 amide bonds. The van der Waals surface area contributed by atoms with E-state index in [9.17, 15) is 50.8 Å². The van der Waals surface area contributed by atoms with Gasteiger partial charge < -0.3 is 64.6 Å². The van der Waals surface area contributed by atoms with E-state index in [2.05, 4.69) is 0 Å². The quantitative estimate of drug-likeness (QED) is 0.175. The van der Waals surface area contributed by atoms with E-state index in [0.29, 0.717) is 5.56 Å². The average molecular weight is 579 g/mol. The van der Waals surface area contributed by atoms with Crippen LogP contribution >= 0.6 is 0 Å². The smallest absolute Gasteiger partial charge is 0.197 e. The van der Waals surface area contributed by atoms with Crippen LogP contribution in [0.15, 0.2) is 45.6 Å². The van der Waals surface area contributed by atoms with Crippen molar-refractivity contribution in [2.75, 3.05) is 6.61 Å². The van der Waals surface area contributed by atoms with Crippen LogP contribution in [0.25, 0.3) is 22.3 Å². The second kappa shape index (κ2) is 11.2. The molecule has 0 aliphatic carbocycles. The minimum Gasteiger partial charge on any atom is -0.508 e. The van der Waals surface area contributed by atoms with E-state index in [0.717, 1.165) is 12.1 Å². The van der Waals surface area contributed by atoms with Gasteiger partial charge in [0.1, 0.15) is 82.8 Å². The van der Waals surface area contributed by atoms with Gasteiger partial charge in [-0.15, -0.1) is 0 Å². The van der Waals surface area contributed by atoms with Gasteiger partial charge in [-0.05, 0) is 31.2 Å². The van der Waals surface area contributed by atoms with Gasteiger partial charge >= 0.3 is 0 Å². The second-order valence-corrected chi connectivity index (χ2v) is 10.1. The summed E-state index contributed by atoms with van der Waals surface area (Å²) in [6, 6.07) is 7.86. The zero-order valence-corrected chi connectivity index (χ0v) is 21.5. The monoisotopic (exact) mass is 578 g/mol. The Morgan fingerprint density at radius 2 is 1.46 bits per heavy atom. The van der Waals surface area contributed by atoms with Crippen LogP contribution in [0.3, 0.4) is 0 Å². The molecular weight excluding hydrogens is 548 g/mol. The van der Waals surface area contributed by atoms with E-state index in [4.69, 9.17) is 18.6 Å². The van der Waals surface area contributed by atoms with E-state index in [-0.39, 0.29) is 22.5 Å². The molecule has 0 bridgehead atoms. The molecule has 1 aromatic heterocycles. The summed E-state index contributed by atoms with van der Waals surface area (Å²) in [5, 5.41) is 92.8. The molecule has 14 nitrogen and oxygen atoms in total. The first-order valence-corrected chi connectivity index (χ1v) is 12.7. The molecule has 2 fully saturated rings.